The predicted octanol–water partition coefficient (Wildman–Crippen LogP) is 2.12. The molecule has 0 radical (unpaired) electrons. The van der Waals surface area contributed by atoms with Crippen LogP contribution in [0.5, 0.6) is 11.5 Å². The standard InChI is InChI=1S/C20H25N3O4/c1-23(11-12-25-2)19-8-7-15(13-22-19)20(24)21-10-9-16-14-26-17-5-3-4-6-18(17)27-16/h3-8,13,16H,9-12,14H2,1-2H3,(H,21,24)/t16-/m1/s1. The Morgan fingerprint density at radius 3 is 2.85 bits per heavy atom. The minimum absolute atomic E-state index is 0.0739. The lowest BCUT2D eigenvalue weighted by molar-refractivity contribution is 0.0812. The van der Waals surface area contributed by atoms with Gasteiger partial charge in [-0.15, -0.1) is 0 Å². The van der Waals surface area contributed by atoms with E-state index in [0.29, 0.717) is 31.7 Å². The molecule has 0 spiro atoms. The number of para-hydroxylation sites is 2. The van der Waals surface area contributed by atoms with E-state index in [1.165, 1.54) is 0 Å². The van der Waals surface area contributed by atoms with Gasteiger partial charge >= 0.3 is 0 Å². The van der Waals surface area contributed by atoms with E-state index in [1.54, 1.807) is 19.4 Å². The number of pyridine rings is 1. The van der Waals surface area contributed by atoms with Crippen LogP contribution in [0.1, 0.15) is 16.8 Å². The molecule has 1 atom stereocenters. The maximum Gasteiger partial charge on any atom is 0.252 e. The lowest BCUT2D eigenvalue weighted by Gasteiger charge is -2.26. The second-order valence-corrected chi connectivity index (χ2v) is 6.36. The molecule has 0 saturated heterocycles. The molecule has 1 amide bonds. The number of rotatable bonds is 8. The summed E-state index contributed by atoms with van der Waals surface area (Å²) in [6, 6.07) is 11.2. The molecular formula is C20H25N3O4. The topological polar surface area (TPSA) is 72.9 Å². The summed E-state index contributed by atoms with van der Waals surface area (Å²) in [6.07, 6.45) is 2.19. The van der Waals surface area contributed by atoms with Gasteiger partial charge in [0, 0.05) is 39.9 Å². The number of carbonyl (C=O) groups is 1. The van der Waals surface area contributed by atoms with Crippen molar-refractivity contribution in [1.82, 2.24) is 10.3 Å². The van der Waals surface area contributed by atoms with Gasteiger partial charge in [0.2, 0.25) is 0 Å². The molecule has 2 aromatic rings. The summed E-state index contributed by atoms with van der Waals surface area (Å²) in [4.78, 5) is 18.6. The number of aromatic nitrogens is 1. The van der Waals surface area contributed by atoms with Crippen LogP contribution in [0.3, 0.4) is 0 Å². The van der Waals surface area contributed by atoms with Gasteiger partial charge in [0.15, 0.2) is 11.5 Å². The monoisotopic (exact) mass is 371 g/mol. The highest BCUT2D eigenvalue weighted by Crippen LogP contribution is 2.31. The molecule has 7 nitrogen and oxygen atoms in total. The number of amides is 1. The first-order valence-electron chi connectivity index (χ1n) is 9.00. The van der Waals surface area contributed by atoms with Crippen molar-refractivity contribution < 1.29 is 19.0 Å². The Labute approximate surface area is 159 Å². The van der Waals surface area contributed by atoms with E-state index >= 15 is 0 Å². The van der Waals surface area contributed by atoms with E-state index in [2.05, 4.69) is 10.3 Å². The van der Waals surface area contributed by atoms with Gasteiger partial charge in [-0.3, -0.25) is 4.79 Å². The van der Waals surface area contributed by atoms with Gasteiger partial charge in [0.25, 0.3) is 5.91 Å². The van der Waals surface area contributed by atoms with Crippen LogP contribution in [-0.4, -0.2) is 57.5 Å². The Hall–Kier alpha value is -2.80. The van der Waals surface area contributed by atoms with Crippen molar-refractivity contribution in [2.24, 2.45) is 0 Å². The number of hydrogen-bond donors (Lipinski definition) is 1. The van der Waals surface area contributed by atoms with E-state index in [4.69, 9.17) is 14.2 Å². The maximum atomic E-state index is 12.3. The molecule has 0 aliphatic carbocycles. The number of anilines is 1. The van der Waals surface area contributed by atoms with Crippen molar-refractivity contribution in [2.75, 3.05) is 45.4 Å². The summed E-state index contributed by atoms with van der Waals surface area (Å²) < 4.78 is 16.6. The smallest absolute Gasteiger partial charge is 0.252 e. The normalized spacial score (nSPS) is 15.3. The molecule has 2 heterocycles. The molecule has 144 valence electrons. The van der Waals surface area contributed by atoms with Crippen molar-refractivity contribution in [3.63, 3.8) is 0 Å². The number of ether oxygens (including phenoxy) is 3. The average Bonchev–Trinajstić information content (AvgIpc) is 2.72. The lowest BCUT2D eigenvalue weighted by atomic mass is 10.2. The molecule has 1 aromatic carbocycles. The highest BCUT2D eigenvalue weighted by Gasteiger charge is 2.20. The summed E-state index contributed by atoms with van der Waals surface area (Å²) in [5.41, 5.74) is 0.532. The number of nitrogens with zero attached hydrogens (tertiary/aromatic N) is 2. The Balaban J connectivity index is 1.44. The molecule has 1 aliphatic heterocycles. The van der Waals surface area contributed by atoms with Crippen molar-refractivity contribution in [2.45, 2.75) is 12.5 Å². The van der Waals surface area contributed by atoms with E-state index in [9.17, 15) is 4.79 Å². The number of benzene rings is 1. The summed E-state index contributed by atoms with van der Waals surface area (Å²) in [6.45, 7) is 2.35. The van der Waals surface area contributed by atoms with Crippen LogP contribution in [0.4, 0.5) is 5.82 Å². The minimum Gasteiger partial charge on any atom is -0.486 e. The van der Waals surface area contributed by atoms with Crippen LogP contribution < -0.4 is 19.7 Å². The SMILES string of the molecule is COCCN(C)c1ccc(C(=O)NCC[C@@H]2COc3ccccc3O2)cn1. The zero-order valence-electron chi connectivity index (χ0n) is 15.7. The second kappa shape index (κ2) is 9.23. The third kappa shape index (κ3) is 5.10. The largest absolute Gasteiger partial charge is 0.486 e. The Kier molecular flexibility index (Phi) is 6.49. The Morgan fingerprint density at radius 1 is 1.30 bits per heavy atom. The molecule has 0 unspecified atom stereocenters. The molecule has 7 heteroatoms. The first kappa shape index (κ1) is 19.0. The van der Waals surface area contributed by atoms with E-state index in [-0.39, 0.29) is 12.0 Å². The van der Waals surface area contributed by atoms with E-state index < -0.39 is 0 Å². The molecule has 1 aliphatic rings. The van der Waals surface area contributed by atoms with E-state index in [1.807, 2.05) is 42.3 Å². The number of likely N-dealkylation sites (N-methyl/N-ethyl adjacent to an activating group) is 1. The van der Waals surface area contributed by atoms with Crippen LogP contribution in [0, 0.1) is 0 Å². The molecular weight excluding hydrogens is 346 g/mol. The fraction of sp³-hybridized carbons (Fsp3) is 0.400. The highest BCUT2D eigenvalue weighted by atomic mass is 16.6. The van der Waals surface area contributed by atoms with E-state index in [0.717, 1.165) is 23.9 Å². The summed E-state index contributed by atoms with van der Waals surface area (Å²) in [5.74, 6) is 2.16. The van der Waals surface area contributed by atoms with Crippen LogP contribution >= 0.6 is 0 Å². The van der Waals surface area contributed by atoms with Gasteiger partial charge < -0.3 is 24.4 Å². The van der Waals surface area contributed by atoms with Crippen molar-refractivity contribution in [3.8, 4) is 11.5 Å². The van der Waals surface area contributed by atoms with Gasteiger partial charge in [-0.05, 0) is 24.3 Å². The van der Waals surface area contributed by atoms with Gasteiger partial charge in [-0.2, -0.15) is 0 Å². The molecule has 3 rings (SSSR count). The fourth-order valence-electron chi connectivity index (χ4n) is 2.74. The van der Waals surface area contributed by atoms with Gasteiger partial charge in [-0.1, -0.05) is 12.1 Å². The van der Waals surface area contributed by atoms with Crippen LogP contribution in [0.15, 0.2) is 42.6 Å². The first-order chi connectivity index (χ1) is 13.2. The zero-order chi connectivity index (χ0) is 19.1. The second-order valence-electron chi connectivity index (χ2n) is 6.36. The zero-order valence-corrected chi connectivity index (χ0v) is 15.7. The molecule has 1 aromatic heterocycles. The number of nitrogens with one attached hydrogen (secondary N) is 1. The van der Waals surface area contributed by atoms with Gasteiger partial charge in [0.05, 0.1) is 12.2 Å². The van der Waals surface area contributed by atoms with Crippen molar-refractivity contribution in [1.29, 1.82) is 0 Å². The number of hydrogen-bond acceptors (Lipinski definition) is 6. The number of methoxy groups -OCH3 is 1. The Bertz CT molecular complexity index is 751. The third-order valence-corrected chi connectivity index (χ3v) is 4.35. The summed E-state index contributed by atoms with van der Waals surface area (Å²) >= 11 is 0. The summed E-state index contributed by atoms with van der Waals surface area (Å²) in [5, 5.41) is 2.91. The molecule has 27 heavy (non-hydrogen) atoms. The summed E-state index contributed by atoms with van der Waals surface area (Å²) in [7, 11) is 3.60. The average molecular weight is 371 g/mol. The van der Waals surface area contributed by atoms with Crippen LogP contribution in [0.25, 0.3) is 0 Å². The quantitative estimate of drug-likeness (QED) is 0.766. The molecule has 0 saturated carbocycles. The van der Waals surface area contributed by atoms with Crippen LogP contribution in [-0.2, 0) is 4.74 Å². The van der Waals surface area contributed by atoms with Crippen molar-refractivity contribution >= 4 is 11.7 Å². The molecule has 0 fully saturated rings. The maximum absolute atomic E-state index is 12.3. The van der Waals surface area contributed by atoms with Crippen molar-refractivity contribution in [3.05, 3.63) is 48.2 Å². The van der Waals surface area contributed by atoms with Gasteiger partial charge in [0.1, 0.15) is 18.5 Å². The number of fused-ring (bicyclic) bond motifs is 1. The van der Waals surface area contributed by atoms with Crippen LogP contribution in [0.2, 0.25) is 0 Å². The fourth-order valence-corrected chi connectivity index (χ4v) is 2.74. The third-order valence-electron chi connectivity index (χ3n) is 4.35. The first-order valence-corrected chi connectivity index (χ1v) is 9.00. The van der Waals surface area contributed by atoms with Gasteiger partial charge in [-0.25, -0.2) is 4.98 Å². The minimum atomic E-state index is -0.147. The highest BCUT2D eigenvalue weighted by molar-refractivity contribution is 5.94. The Morgan fingerprint density at radius 2 is 2.11 bits per heavy atom. The predicted molar refractivity (Wildman–Crippen MR) is 103 cm³/mol. The molecule has 1 N–H and O–H groups in total. The lowest BCUT2D eigenvalue weighted by Crippen LogP contribution is -2.34. The number of carbonyl (C=O) groups excluding carboxylic acids is 1. The molecule has 0 bridgehead atoms.